The molecule has 2 heterocycles. The van der Waals surface area contributed by atoms with Crippen molar-refractivity contribution in [1.29, 1.82) is 0 Å². The number of amides is 1. The minimum absolute atomic E-state index is 0.266. The first-order valence-corrected chi connectivity index (χ1v) is 7.66. The number of nitrogens with one attached hydrogen (secondary N) is 1. The maximum absolute atomic E-state index is 11.6. The monoisotopic (exact) mass is 317 g/mol. The number of fused-ring (bicyclic) bond motifs is 1. The largest absolute Gasteiger partial charge is 0.445 e. The lowest BCUT2D eigenvalue weighted by molar-refractivity contribution is 0.140. The molecule has 3 rings (SSSR count). The summed E-state index contributed by atoms with van der Waals surface area (Å²) in [5, 5.41) is 15.9. The van der Waals surface area contributed by atoms with Crippen LogP contribution in [-0.4, -0.2) is 32.4 Å². The van der Waals surface area contributed by atoms with Crippen molar-refractivity contribution >= 4 is 22.4 Å². The van der Waals surface area contributed by atoms with E-state index in [9.17, 15) is 4.79 Å². The van der Waals surface area contributed by atoms with Gasteiger partial charge < -0.3 is 10.1 Å². The molecule has 0 aliphatic rings. The van der Waals surface area contributed by atoms with Crippen LogP contribution in [0.4, 0.5) is 4.79 Å². The van der Waals surface area contributed by atoms with Gasteiger partial charge in [-0.2, -0.15) is 9.61 Å². The molecule has 0 saturated heterocycles. The first-order chi connectivity index (χ1) is 10.7. The lowest BCUT2D eigenvalue weighted by Crippen LogP contribution is -2.26. The highest BCUT2D eigenvalue weighted by molar-refractivity contribution is 7.16. The van der Waals surface area contributed by atoms with Crippen molar-refractivity contribution in [3.63, 3.8) is 0 Å². The third-order valence-corrected chi connectivity index (χ3v) is 3.97. The second-order valence-corrected chi connectivity index (χ2v) is 5.72. The van der Waals surface area contributed by atoms with Gasteiger partial charge in [0.25, 0.3) is 0 Å². The zero-order valence-corrected chi connectivity index (χ0v) is 12.8. The molecule has 0 spiro atoms. The Labute approximate surface area is 130 Å². The highest BCUT2D eigenvalue weighted by Crippen LogP contribution is 2.13. The molecular weight excluding hydrogens is 302 g/mol. The third kappa shape index (κ3) is 3.40. The zero-order chi connectivity index (χ0) is 15.4. The molecule has 7 nitrogen and oxygen atoms in total. The van der Waals surface area contributed by atoms with Gasteiger partial charge in [-0.3, -0.25) is 0 Å². The Hall–Kier alpha value is -2.48. The molecule has 114 valence electrons. The van der Waals surface area contributed by atoms with Crippen molar-refractivity contribution in [2.24, 2.45) is 0 Å². The zero-order valence-electron chi connectivity index (χ0n) is 12.0. The molecular formula is C14H15N5O2S. The van der Waals surface area contributed by atoms with E-state index in [4.69, 9.17) is 4.74 Å². The van der Waals surface area contributed by atoms with Crippen molar-refractivity contribution in [1.82, 2.24) is 25.1 Å². The smallest absolute Gasteiger partial charge is 0.407 e. The van der Waals surface area contributed by atoms with Crippen LogP contribution in [0, 0.1) is 6.92 Å². The van der Waals surface area contributed by atoms with Crippen LogP contribution in [-0.2, 0) is 17.8 Å². The van der Waals surface area contributed by atoms with Crippen LogP contribution in [0.1, 0.15) is 16.4 Å². The summed E-state index contributed by atoms with van der Waals surface area (Å²) in [5.41, 5.74) is 0.960. The molecule has 22 heavy (non-hydrogen) atoms. The topological polar surface area (TPSA) is 81.4 Å². The molecule has 0 saturated carbocycles. The van der Waals surface area contributed by atoms with Crippen LogP contribution < -0.4 is 5.32 Å². The van der Waals surface area contributed by atoms with Crippen molar-refractivity contribution in [2.45, 2.75) is 20.0 Å². The normalized spacial score (nSPS) is 10.8. The quantitative estimate of drug-likeness (QED) is 0.778. The Morgan fingerprint density at radius 1 is 1.32 bits per heavy atom. The first-order valence-electron chi connectivity index (χ1n) is 6.84. The van der Waals surface area contributed by atoms with Gasteiger partial charge >= 0.3 is 6.09 Å². The van der Waals surface area contributed by atoms with Crippen LogP contribution in [0.15, 0.2) is 30.3 Å². The SMILES string of the molecule is Cc1nnc2sc(CCNC(=O)OCc3ccccc3)nn12. The molecule has 2 aromatic heterocycles. The Balaban J connectivity index is 1.43. The van der Waals surface area contributed by atoms with Crippen LogP contribution in [0.2, 0.25) is 0 Å². The Morgan fingerprint density at radius 2 is 2.14 bits per heavy atom. The minimum atomic E-state index is -0.428. The number of nitrogens with zero attached hydrogens (tertiary/aromatic N) is 4. The molecule has 0 radical (unpaired) electrons. The maximum atomic E-state index is 11.6. The summed E-state index contributed by atoms with van der Waals surface area (Å²) in [5.74, 6) is 0.757. The number of hydrogen-bond donors (Lipinski definition) is 1. The van der Waals surface area contributed by atoms with Gasteiger partial charge in [0.1, 0.15) is 11.6 Å². The lowest BCUT2D eigenvalue weighted by Gasteiger charge is -2.06. The fourth-order valence-corrected chi connectivity index (χ4v) is 2.78. The Bertz CT molecular complexity index is 768. The summed E-state index contributed by atoms with van der Waals surface area (Å²) in [6.07, 6.45) is 0.205. The number of carbonyl (C=O) groups excluding carboxylic acids is 1. The second kappa shape index (κ2) is 6.52. The van der Waals surface area contributed by atoms with Crippen LogP contribution in [0.25, 0.3) is 4.96 Å². The van der Waals surface area contributed by atoms with Crippen LogP contribution in [0.3, 0.4) is 0 Å². The highest BCUT2D eigenvalue weighted by Gasteiger charge is 2.09. The fourth-order valence-electron chi connectivity index (χ4n) is 1.90. The van der Waals surface area contributed by atoms with Gasteiger partial charge in [-0.15, -0.1) is 10.2 Å². The predicted molar refractivity (Wildman–Crippen MR) is 81.7 cm³/mol. The molecule has 3 aromatic rings. The van der Waals surface area contributed by atoms with Crippen LogP contribution >= 0.6 is 11.3 Å². The summed E-state index contributed by atoms with van der Waals surface area (Å²) < 4.78 is 6.84. The van der Waals surface area contributed by atoms with Gasteiger partial charge in [0.15, 0.2) is 5.82 Å². The number of aromatic nitrogens is 4. The van der Waals surface area contributed by atoms with E-state index in [1.165, 1.54) is 11.3 Å². The van der Waals surface area contributed by atoms with Gasteiger partial charge in [0.05, 0.1) is 0 Å². The summed E-state index contributed by atoms with van der Waals surface area (Å²) in [4.78, 5) is 12.4. The van der Waals surface area contributed by atoms with Crippen molar-refractivity contribution in [3.05, 3.63) is 46.7 Å². The number of carbonyl (C=O) groups is 1. The van der Waals surface area contributed by atoms with Crippen LogP contribution in [0.5, 0.6) is 0 Å². The fraction of sp³-hybridized carbons (Fsp3) is 0.286. The second-order valence-electron chi connectivity index (χ2n) is 4.68. The molecule has 1 amide bonds. The third-order valence-electron chi connectivity index (χ3n) is 3.01. The molecule has 8 heteroatoms. The van der Waals surface area contributed by atoms with E-state index in [2.05, 4.69) is 20.6 Å². The van der Waals surface area contributed by atoms with Crippen molar-refractivity contribution < 1.29 is 9.53 Å². The van der Waals surface area contributed by atoms with Gasteiger partial charge in [-0.05, 0) is 12.5 Å². The van der Waals surface area contributed by atoms with E-state index in [0.29, 0.717) is 13.0 Å². The number of hydrogen-bond acceptors (Lipinski definition) is 6. The number of rotatable bonds is 5. The average Bonchev–Trinajstić information content (AvgIpc) is 3.08. The van der Waals surface area contributed by atoms with E-state index in [1.807, 2.05) is 37.3 Å². The molecule has 0 atom stereocenters. The molecule has 1 aromatic carbocycles. The highest BCUT2D eigenvalue weighted by atomic mass is 32.1. The number of aryl methyl sites for hydroxylation is 1. The van der Waals surface area contributed by atoms with E-state index in [1.54, 1.807) is 4.52 Å². The van der Waals surface area contributed by atoms with Gasteiger partial charge in [0, 0.05) is 13.0 Å². The summed E-state index contributed by atoms with van der Waals surface area (Å²) >= 11 is 1.47. The standard InChI is InChI=1S/C14H15N5O2S/c1-10-16-17-13-19(10)18-12(22-13)7-8-15-14(20)21-9-11-5-3-2-4-6-11/h2-6H,7-9H2,1H3,(H,15,20). The number of alkyl carbamates (subject to hydrolysis) is 1. The molecule has 0 bridgehead atoms. The molecule has 1 N–H and O–H groups in total. The van der Waals surface area contributed by atoms with Gasteiger partial charge in [-0.1, -0.05) is 41.7 Å². The summed E-state index contributed by atoms with van der Waals surface area (Å²) in [7, 11) is 0. The predicted octanol–water partition coefficient (Wildman–Crippen LogP) is 1.96. The molecule has 0 unspecified atom stereocenters. The summed E-state index contributed by atoms with van der Waals surface area (Å²) in [6.45, 7) is 2.59. The van der Waals surface area contributed by atoms with Crippen molar-refractivity contribution in [2.75, 3.05) is 6.54 Å². The summed E-state index contributed by atoms with van der Waals surface area (Å²) in [6, 6.07) is 9.56. The van der Waals surface area contributed by atoms with Gasteiger partial charge in [-0.25, -0.2) is 4.79 Å². The van der Waals surface area contributed by atoms with E-state index in [-0.39, 0.29) is 6.61 Å². The first kappa shape index (κ1) is 14.5. The number of ether oxygens (including phenoxy) is 1. The maximum Gasteiger partial charge on any atom is 0.407 e. The Kier molecular flexibility index (Phi) is 4.29. The lowest BCUT2D eigenvalue weighted by atomic mass is 10.2. The van der Waals surface area contributed by atoms with E-state index in [0.717, 1.165) is 21.4 Å². The molecule has 0 aliphatic carbocycles. The number of benzene rings is 1. The van der Waals surface area contributed by atoms with Gasteiger partial charge in [0.2, 0.25) is 4.96 Å². The minimum Gasteiger partial charge on any atom is -0.445 e. The van der Waals surface area contributed by atoms with E-state index < -0.39 is 6.09 Å². The average molecular weight is 317 g/mol. The van der Waals surface area contributed by atoms with E-state index >= 15 is 0 Å². The molecule has 0 fully saturated rings. The Morgan fingerprint density at radius 3 is 2.91 bits per heavy atom. The van der Waals surface area contributed by atoms with Crippen molar-refractivity contribution in [3.8, 4) is 0 Å². The molecule has 0 aliphatic heterocycles.